The van der Waals surface area contributed by atoms with Crippen LogP contribution in [0, 0.1) is 0 Å². The molecule has 0 radical (unpaired) electrons. The van der Waals surface area contributed by atoms with Crippen LogP contribution in [0.4, 0.5) is 0 Å². The summed E-state index contributed by atoms with van der Waals surface area (Å²) in [6.45, 7) is 3.85. The van der Waals surface area contributed by atoms with Crippen LogP contribution in [0.3, 0.4) is 0 Å². The van der Waals surface area contributed by atoms with Gasteiger partial charge < -0.3 is 15.4 Å². The standard InChI is InChI=1S/C15H25N3O/c1-17(2)14-6-7-18(11-14)10-12-4-5-15(19-3)13(8-12)9-16/h4-5,8,14H,6-7,9-11,16H2,1-3H3. The highest BCUT2D eigenvalue weighted by Crippen LogP contribution is 2.22. The van der Waals surface area contributed by atoms with Gasteiger partial charge in [0.2, 0.25) is 0 Å². The van der Waals surface area contributed by atoms with Crippen LogP contribution in [0.25, 0.3) is 0 Å². The first-order valence-corrected chi connectivity index (χ1v) is 6.88. The van der Waals surface area contributed by atoms with Crippen LogP contribution in [0.1, 0.15) is 17.5 Å². The number of nitrogens with two attached hydrogens (primary N) is 1. The molecule has 0 amide bonds. The van der Waals surface area contributed by atoms with E-state index in [0.717, 1.165) is 24.4 Å². The summed E-state index contributed by atoms with van der Waals surface area (Å²) in [7, 11) is 6.01. The van der Waals surface area contributed by atoms with Crippen molar-refractivity contribution in [3.63, 3.8) is 0 Å². The molecule has 0 aromatic heterocycles. The fourth-order valence-corrected chi connectivity index (χ4v) is 2.73. The third-order valence-corrected chi connectivity index (χ3v) is 3.95. The van der Waals surface area contributed by atoms with Gasteiger partial charge in [0.05, 0.1) is 7.11 Å². The molecule has 2 rings (SSSR count). The topological polar surface area (TPSA) is 41.7 Å². The molecule has 1 aromatic rings. The molecule has 106 valence electrons. The minimum Gasteiger partial charge on any atom is -0.496 e. The first-order valence-electron chi connectivity index (χ1n) is 6.88. The van der Waals surface area contributed by atoms with Crippen molar-refractivity contribution in [2.24, 2.45) is 5.73 Å². The highest BCUT2D eigenvalue weighted by atomic mass is 16.5. The Morgan fingerprint density at radius 2 is 2.21 bits per heavy atom. The average molecular weight is 263 g/mol. The van der Waals surface area contributed by atoms with Gasteiger partial charge in [-0.25, -0.2) is 0 Å². The second-order valence-electron chi connectivity index (χ2n) is 5.49. The third-order valence-electron chi connectivity index (χ3n) is 3.95. The van der Waals surface area contributed by atoms with E-state index >= 15 is 0 Å². The number of hydrogen-bond donors (Lipinski definition) is 1. The second-order valence-corrected chi connectivity index (χ2v) is 5.49. The number of rotatable bonds is 5. The Labute approximate surface area is 116 Å². The Morgan fingerprint density at radius 1 is 1.42 bits per heavy atom. The number of methoxy groups -OCH3 is 1. The maximum absolute atomic E-state index is 5.76. The first-order chi connectivity index (χ1) is 9.13. The van der Waals surface area contributed by atoms with Crippen LogP contribution in [-0.4, -0.2) is 50.1 Å². The van der Waals surface area contributed by atoms with Gasteiger partial charge in [-0.2, -0.15) is 0 Å². The van der Waals surface area contributed by atoms with E-state index in [1.54, 1.807) is 7.11 Å². The predicted molar refractivity (Wildman–Crippen MR) is 78.3 cm³/mol. The summed E-state index contributed by atoms with van der Waals surface area (Å²) in [5, 5.41) is 0. The Kier molecular flexibility index (Phi) is 4.80. The normalized spacial score (nSPS) is 20.2. The van der Waals surface area contributed by atoms with Gasteiger partial charge in [0.25, 0.3) is 0 Å². The second kappa shape index (κ2) is 6.37. The lowest BCUT2D eigenvalue weighted by molar-refractivity contribution is 0.264. The zero-order chi connectivity index (χ0) is 13.8. The Morgan fingerprint density at radius 3 is 2.79 bits per heavy atom. The van der Waals surface area contributed by atoms with Crippen molar-refractivity contribution in [1.82, 2.24) is 9.80 Å². The Bertz CT molecular complexity index is 420. The molecule has 1 fully saturated rings. The van der Waals surface area contributed by atoms with E-state index in [0.29, 0.717) is 12.6 Å². The molecule has 0 saturated carbocycles. The first kappa shape index (κ1) is 14.3. The van der Waals surface area contributed by atoms with Gasteiger partial charge in [-0.1, -0.05) is 6.07 Å². The van der Waals surface area contributed by atoms with Gasteiger partial charge in [0.15, 0.2) is 0 Å². The molecular formula is C15H25N3O. The summed E-state index contributed by atoms with van der Waals surface area (Å²) in [6, 6.07) is 7.02. The lowest BCUT2D eigenvalue weighted by Gasteiger charge is -2.20. The molecule has 1 unspecified atom stereocenters. The third kappa shape index (κ3) is 3.47. The van der Waals surface area contributed by atoms with E-state index < -0.39 is 0 Å². The lowest BCUT2D eigenvalue weighted by atomic mass is 10.1. The molecule has 1 aliphatic rings. The molecule has 19 heavy (non-hydrogen) atoms. The van der Waals surface area contributed by atoms with Gasteiger partial charge >= 0.3 is 0 Å². The molecule has 0 aliphatic carbocycles. The zero-order valence-corrected chi connectivity index (χ0v) is 12.2. The van der Waals surface area contributed by atoms with E-state index in [-0.39, 0.29) is 0 Å². The summed E-state index contributed by atoms with van der Waals surface area (Å²) >= 11 is 0. The number of benzene rings is 1. The smallest absolute Gasteiger partial charge is 0.123 e. The maximum atomic E-state index is 5.76. The van der Waals surface area contributed by atoms with Crippen LogP contribution < -0.4 is 10.5 Å². The summed E-state index contributed by atoms with van der Waals surface area (Å²) in [5.41, 5.74) is 8.17. The van der Waals surface area contributed by atoms with Gasteiger partial charge in [0, 0.05) is 37.8 Å². The molecule has 1 atom stereocenters. The number of likely N-dealkylation sites (tertiary alicyclic amines) is 1. The van der Waals surface area contributed by atoms with Crippen molar-refractivity contribution in [2.75, 3.05) is 34.3 Å². The van der Waals surface area contributed by atoms with Crippen molar-refractivity contribution in [3.8, 4) is 5.75 Å². The largest absolute Gasteiger partial charge is 0.496 e. The van der Waals surface area contributed by atoms with Crippen molar-refractivity contribution in [3.05, 3.63) is 29.3 Å². The summed E-state index contributed by atoms with van der Waals surface area (Å²) in [4.78, 5) is 4.83. The van der Waals surface area contributed by atoms with E-state index in [9.17, 15) is 0 Å². The molecule has 0 bridgehead atoms. The summed E-state index contributed by atoms with van der Waals surface area (Å²) in [6.07, 6.45) is 1.26. The minimum absolute atomic E-state index is 0.525. The molecule has 4 heteroatoms. The molecule has 1 aromatic carbocycles. The van der Waals surface area contributed by atoms with Crippen molar-refractivity contribution < 1.29 is 4.74 Å². The molecule has 1 heterocycles. The van der Waals surface area contributed by atoms with Crippen molar-refractivity contribution in [2.45, 2.75) is 25.6 Å². The fourth-order valence-electron chi connectivity index (χ4n) is 2.73. The van der Waals surface area contributed by atoms with Gasteiger partial charge in [0.1, 0.15) is 5.75 Å². The van der Waals surface area contributed by atoms with Gasteiger partial charge in [-0.15, -0.1) is 0 Å². The number of hydrogen-bond acceptors (Lipinski definition) is 4. The van der Waals surface area contributed by atoms with E-state index in [4.69, 9.17) is 10.5 Å². The van der Waals surface area contributed by atoms with Crippen LogP contribution in [-0.2, 0) is 13.1 Å². The van der Waals surface area contributed by atoms with Crippen LogP contribution in [0.15, 0.2) is 18.2 Å². The number of likely N-dealkylation sites (N-methyl/N-ethyl adjacent to an activating group) is 1. The Hall–Kier alpha value is -1.10. The molecule has 1 saturated heterocycles. The monoisotopic (exact) mass is 263 g/mol. The fraction of sp³-hybridized carbons (Fsp3) is 0.600. The van der Waals surface area contributed by atoms with E-state index in [2.05, 4.69) is 36.0 Å². The van der Waals surface area contributed by atoms with Crippen LogP contribution >= 0.6 is 0 Å². The van der Waals surface area contributed by atoms with Crippen LogP contribution in [0.5, 0.6) is 5.75 Å². The average Bonchev–Trinajstić information content (AvgIpc) is 2.87. The van der Waals surface area contributed by atoms with Crippen molar-refractivity contribution >= 4 is 0 Å². The van der Waals surface area contributed by atoms with Crippen molar-refractivity contribution in [1.29, 1.82) is 0 Å². The maximum Gasteiger partial charge on any atom is 0.123 e. The van der Waals surface area contributed by atoms with Crippen LogP contribution in [0.2, 0.25) is 0 Å². The number of nitrogens with zero attached hydrogens (tertiary/aromatic N) is 2. The molecular weight excluding hydrogens is 238 g/mol. The quantitative estimate of drug-likeness (QED) is 0.869. The highest BCUT2D eigenvalue weighted by Gasteiger charge is 2.23. The van der Waals surface area contributed by atoms with E-state index in [1.165, 1.54) is 18.5 Å². The predicted octanol–water partition coefficient (Wildman–Crippen LogP) is 1.29. The molecule has 1 aliphatic heterocycles. The van der Waals surface area contributed by atoms with E-state index in [1.807, 2.05) is 6.07 Å². The lowest BCUT2D eigenvalue weighted by Crippen LogP contribution is -2.31. The summed E-state index contributed by atoms with van der Waals surface area (Å²) < 4.78 is 5.31. The minimum atomic E-state index is 0.525. The van der Waals surface area contributed by atoms with Gasteiger partial charge in [-0.05, 0) is 38.2 Å². The summed E-state index contributed by atoms with van der Waals surface area (Å²) in [5.74, 6) is 0.888. The molecule has 4 nitrogen and oxygen atoms in total. The number of ether oxygens (including phenoxy) is 1. The Balaban J connectivity index is 2.00. The molecule has 0 spiro atoms. The zero-order valence-electron chi connectivity index (χ0n) is 12.2. The SMILES string of the molecule is COc1ccc(CN2CCC(N(C)C)C2)cc1CN. The molecule has 2 N–H and O–H groups in total. The van der Waals surface area contributed by atoms with Gasteiger partial charge in [-0.3, -0.25) is 4.90 Å². The highest BCUT2D eigenvalue weighted by molar-refractivity contribution is 5.37.